The lowest BCUT2D eigenvalue weighted by molar-refractivity contribution is 0.199. The molecule has 2 rings (SSSR count). The van der Waals surface area contributed by atoms with E-state index in [0.29, 0.717) is 6.04 Å². The molecule has 0 aliphatic heterocycles. The molecule has 1 atom stereocenters. The zero-order valence-electron chi connectivity index (χ0n) is 10.9. The van der Waals surface area contributed by atoms with Crippen LogP contribution in [-0.2, 0) is 4.74 Å². The Morgan fingerprint density at radius 2 is 2.22 bits per heavy atom. The molecule has 0 saturated heterocycles. The third-order valence-electron chi connectivity index (χ3n) is 3.29. The van der Waals surface area contributed by atoms with Crippen molar-refractivity contribution >= 4 is 21.6 Å². The van der Waals surface area contributed by atoms with E-state index in [-0.39, 0.29) is 0 Å². The first-order valence-corrected chi connectivity index (χ1v) is 7.16. The number of aliphatic hydroxyl groups excluding tert-OH is 1. The maximum absolute atomic E-state index is 9.59. The lowest BCUT2D eigenvalue weighted by Crippen LogP contribution is -2.29. The Kier molecular flexibility index (Phi) is 4.65. The first-order valence-electron chi connectivity index (χ1n) is 6.36. The Balaban J connectivity index is 2.19. The highest BCUT2D eigenvalue weighted by Crippen LogP contribution is 2.36. The minimum Gasteiger partial charge on any atom is -0.389 e. The van der Waals surface area contributed by atoms with Crippen molar-refractivity contribution in [2.75, 3.05) is 25.2 Å². The number of benzene rings is 1. The van der Waals surface area contributed by atoms with Gasteiger partial charge in [-0.1, -0.05) is 6.07 Å². The molecule has 100 valence electrons. The van der Waals surface area contributed by atoms with E-state index in [2.05, 4.69) is 26.9 Å². The van der Waals surface area contributed by atoms with Crippen molar-refractivity contribution in [2.24, 2.45) is 0 Å². The molecule has 1 aliphatic carbocycles. The predicted octanol–water partition coefficient (Wildman–Crippen LogP) is 3.12. The number of hydrogen-bond donors (Lipinski definition) is 1. The van der Waals surface area contributed by atoms with Crippen LogP contribution in [0.2, 0.25) is 0 Å². The monoisotopic (exact) mass is 313 g/mol. The topological polar surface area (TPSA) is 32.7 Å². The van der Waals surface area contributed by atoms with E-state index >= 15 is 0 Å². The summed E-state index contributed by atoms with van der Waals surface area (Å²) in [5, 5.41) is 9.59. The Hall–Kier alpha value is -0.580. The van der Waals surface area contributed by atoms with Crippen molar-refractivity contribution in [1.29, 1.82) is 0 Å². The van der Waals surface area contributed by atoms with Gasteiger partial charge in [0.05, 0.1) is 18.4 Å². The Morgan fingerprint density at radius 3 is 2.72 bits per heavy atom. The highest BCUT2D eigenvalue weighted by Gasteiger charge is 2.30. The van der Waals surface area contributed by atoms with Gasteiger partial charge in [0.2, 0.25) is 0 Å². The first kappa shape index (κ1) is 13.8. The summed E-state index contributed by atoms with van der Waals surface area (Å²) < 4.78 is 6.22. The summed E-state index contributed by atoms with van der Waals surface area (Å²) in [6.45, 7) is 3.43. The van der Waals surface area contributed by atoms with Gasteiger partial charge in [-0.15, -0.1) is 0 Å². The van der Waals surface area contributed by atoms with Gasteiger partial charge in [0.15, 0.2) is 0 Å². The zero-order chi connectivity index (χ0) is 13.1. The Labute approximate surface area is 117 Å². The van der Waals surface area contributed by atoms with Crippen LogP contribution in [0, 0.1) is 0 Å². The summed E-state index contributed by atoms with van der Waals surface area (Å²) >= 11 is 3.61. The van der Waals surface area contributed by atoms with Crippen molar-refractivity contribution in [3.8, 4) is 0 Å². The average molecular weight is 314 g/mol. The van der Waals surface area contributed by atoms with Crippen LogP contribution in [0.5, 0.6) is 0 Å². The molecule has 0 radical (unpaired) electrons. The van der Waals surface area contributed by atoms with Gasteiger partial charge in [0.1, 0.15) is 0 Å². The molecule has 18 heavy (non-hydrogen) atoms. The highest BCUT2D eigenvalue weighted by molar-refractivity contribution is 9.10. The Morgan fingerprint density at radius 1 is 1.50 bits per heavy atom. The lowest BCUT2D eigenvalue weighted by Gasteiger charge is -2.26. The SMILES string of the molecule is COCCN(c1ccc([C@H](C)O)cc1Br)C1CC1. The minimum absolute atomic E-state index is 0.427. The van der Waals surface area contributed by atoms with Crippen molar-refractivity contribution in [3.05, 3.63) is 28.2 Å². The minimum atomic E-state index is -0.427. The van der Waals surface area contributed by atoms with Gasteiger partial charge in [0.25, 0.3) is 0 Å². The third-order valence-corrected chi connectivity index (χ3v) is 3.92. The van der Waals surface area contributed by atoms with Gasteiger partial charge in [-0.05, 0) is 53.4 Å². The molecule has 1 aliphatic rings. The van der Waals surface area contributed by atoms with Crippen LogP contribution in [-0.4, -0.2) is 31.4 Å². The molecule has 0 aromatic heterocycles. The quantitative estimate of drug-likeness (QED) is 0.876. The fraction of sp³-hybridized carbons (Fsp3) is 0.571. The van der Waals surface area contributed by atoms with E-state index in [0.717, 1.165) is 23.2 Å². The van der Waals surface area contributed by atoms with Crippen LogP contribution < -0.4 is 4.90 Å². The molecule has 1 aromatic rings. The van der Waals surface area contributed by atoms with E-state index in [4.69, 9.17) is 4.74 Å². The molecule has 1 N–H and O–H groups in total. The summed E-state index contributed by atoms with van der Waals surface area (Å²) in [6.07, 6.45) is 2.09. The number of hydrogen-bond acceptors (Lipinski definition) is 3. The van der Waals surface area contributed by atoms with Gasteiger partial charge >= 0.3 is 0 Å². The van der Waals surface area contributed by atoms with E-state index in [1.54, 1.807) is 14.0 Å². The maximum Gasteiger partial charge on any atom is 0.0762 e. The summed E-state index contributed by atoms with van der Waals surface area (Å²) in [5.41, 5.74) is 2.13. The average Bonchev–Trinajstić information content (AvgIpc) is 3.15. The molecule has 1 fully saturated rings. The molecule has 0 unspecified atom stereocenters. The molecule has 0 amide bonds. The summed E-state index contributed by atoms with van der Waals surface area (Å²) in [6, 6.07) is 6.73. The number of aliphatic hydroxyl groups is 1. The molecule has 1 aromatic carbocycles. The number of halogens is 1. The third kappa shape index (κ3) is 3.25. The maximum atomic E-state index is 9.59. The molecule has 3 nitrogen and oxygen atoms in total. The van der Waals surface area contributed by atoms with Gasteiger partial charge in [0, 0.05) is 24.2 Å². The number of nitrogens with zero attached hydrogens (tertiary/aromatic N) is 1. The van der Waals surface area contributed by atoms with E-state index in [1.165, 1.54) is 18.5 Å². The molecule has 0 heterocycles. The van der Waals surface area contributed by atoms with Crippen LogP contribution in [0.3, 0.4) is 0 Å². The van der Waals surface area contributed by atoms with Gasteiger partial charge in [-0.2, -0.15) is 0 Å². The fourth-order valence-corrected chi connectivity index (χ4v) is 2.72. The van der Waals surface area contributed by atoms with Gasteiger partial charge in [-0.3, -0.25) is 0 Å². The van der Waals surface area contributed by atoms with Crippen LogP contribution in [0.15, 0.2) is 22.7 Å². The van der Waals surface area contributed by atoms with E-state index in [1.807, 2.05) is 12.1 Å². The van der Waals surface area contributed by atoms with Crippen LogP contribution >= 0.6 is 15.9 Å². The summed E-state index contributed by atoms with van der Waals surface area (Å²) in [5.74, 6) is 0. The predicted molar refractivity (Wildman–Crippen MR) is 77.0 cm³/mol. The molecular weight excluding hydrogens is 294 g/mol. The molecule has 4 heteroatoms. The first-order chi connectivity index (χ1) is 8.63. The second-order valence-electron chi connectivity index (χ2n) is 4.80. The van der Waals surface area contributed by atoms with Gasteiger partial charge in [-0.25, -0.2) is 0 Å². The second kappa shape index (κ2) is 6.04. The highest BCUT2D eigenvalue weighted by atomic mass is 79.9. The standard InChI is InChI=1S/C14H20BrNO2/c1-10(17)11-3-6-14(13(15)9-11)16(7-8-18-2)12-4-5-12/h3,6,9-10,12,17H,4-5,7-8H2,1-2H3/t10-/m0/s1. The zero-order valence-corrected chi connectivity index (χ0v) is 12.5. The number of methoxy groups -OCH3 is 1. The molecule has 0 bridgehead atoms. The van der Waals surface area contributed by atoms with Crippen molar-refractivity contribution in [2.45, 2.75) is 31.9 Å². The number of anilines is 1. The normalized spacial score (nSPS) is 16.7. The molecular formula is C14H20BrNO2. The Bertz CT molecular complexity index is 405. The number of ether oxygens (including phenoxy) is 1. The van der Waals surface area contributed by atoms with E-state index in [9.17, 15) is 5.11 Å². The smallest absolute Gasteiger partial charge is 0.0762 e. The molecule has 1 saturated carbocycles. The van der Waals surface area contributed by atoms with Gasteiger partial charge < -0.3 is 14.7 Å². The van der Waals surface area contributed by atoms with E-state index < -0.39 is 6.10 Å². The fourth-order valence-electron chi connectivity index (χ4n) is 2.09. The largest absolute Gasteiger partial charge is 0.389 e. The number of rotatable bonds is 6. The van der Waals surface area contributed by atoms with Crippen molar-refractivity contribution in [3.63, 3.8) is 0 Å². The van der Waals surface area contributed by atoms with Crippen molar-refractivity contribution < 1.29 is 9.84 Å². The second-order valence-corrected chi connectivity index (χ2v) is 5.66. The van der Waals surface area contributed by atoms with Crippen molar-refractivity contribution in [1.82, 2.24) is 0 Å². The van der Waals surface area contributed by atoms with Crippen LogP contribution in [0.1, 0.15) is 31.4 Å². The van der Waals surface area contributed by atoms with Crippen LogP contribution in [0.4, 0.5) is 5.69 Å². The van der Waals surface area contributed by atoms with Crippen LogP contribution in [0.25, 0.3) is 0 Å². The lowest BCUT2D eigenvalue weighted by atomic mass is 10.1. The summed E-state index contributed by atoms with van der Waals surface area (Å²) in [7, 11) is 1.73. The molecule has 0 spiro atoms. The summed E-state index contributed by atoms with van der Waals surface area (Å²) in [4.78, 5) is 2.39.